The fraction of sp³-hybridized carbons (Fsp3) is 0.643. The predicted molar refractivity (Wildman–Crippen MR) is 136 cm³/mol. The largest absolute Gasteiger partial charge is 0.236 e. The molecule has 1 heterocycles. The van der Waals surface area contributed by atoms with Crippen LogP contribution in [-0.4, -0.2) is 9.97 Å². The zero-order valence-electron chi connectivity index (χ0n) is 19.7. The van der Waals surface area contributed by atoms with Gasteiger partial charge < -0.3 is 0 Å². The molecule has 1 aliphatic rings. The fourth-order valence-electron chi connectivity index (χ4n) is 4.96. The van der Waals surface area contributed by atoms with Crippen LogP contribution in [0.15, 0.2) is 35.1 Å². The van der Waals surface area contributed by atoms with Crippen LogP contribution in [0.5, 0.6) is 0 Å². The lowest BCUT2D eigenvalue weighted by Gasteiger charge is -2.28. The van der Waals surface area contributed by atoms with E-state index in [2.05, 4.69) is 48.0 Å². The third-order valence-corrected chi connectivity index (χ3v) is 7.73. The Balaban J connectivity index is 1.45. The zero-order valence-corrected chi connectivity index (χ0v) is 21.3. The van der Waals surface area contributed by atoms with Crippen LogP contribution in [0, 0.1) is 11.8 Å². The molecule has 1 aromatic heterocycles. The molecule has 0 bridgehead atoms. The smallest absolute Gasteiger partial charge is 0.160 e. The molecule has 0 N–H and O–H groups in total. The Morgan fingerprint density at radius 2 is 1.42 bits per heavy atom. The summed E-state index contributed by atoms with van der Waals surface area (Å²) in [6.07, 6.45) is 22.9. The van der Waals surface area contributed by atoms with Crippen molar-refractivity contribution < 1.29 is 0 Å². The van der Waals surface area contributed by atoms with Crippen molar-refractivity contribution in [2.24, 2.45) is 11.8 Å². The summed E-state index contributed by atoms with van der Waals surface area (Å²) in [5, 5.41) is 0. The topological polar surface area (TPSA) is 25.8 Å². The third kappa shape index (κ3) is 8.00. The first-order chi connectivity index (χ1) is 15.2. The van der Waals surface area contributed by atoms with Crippen LogP contribution in [0.3, 0.4) is 0 Å². The van der Waals surface area contributed by atoms with Crippen LogP contribution < -0.4 is 0 Å². The van der Waals surface area contributed by atoms with Gasteiger partial charge in [-0.1, -0.05) is 100 Å². The Morgan fingerprint density at radius 3 is 2.06 bits per heavy atom. The maximum absolute atomic E-state index is 4.69. The second-order valence-electron chi connectivity index (χ2n) is 9.61. The summed E-state index contributed by atoms with van der Waals surface area (Å²) >= 11 is 3.74. The summed E-state index contributed by atoms with van der Waals surface area (Å²) in [6.45, 7) is 4.55. The van der Waals surface area contributed by atoms with Gasteiger partial charge in [-0.25, -0.2) is 9.97 Å². The van der Waals surface area contributed by atoms with Crippen molar-refractivity contribution in [1.82, 2.24) is 9.97 Å². The van der Waals surface area contributed by atoms with Crippen LogP contribution in [0.4, 0.5) is 0 Å². The highest BCUT2D eigenvalue weighted by Gasteiger charge is 2.20. The van der Waals surface area contributed by atoms with Gasteiger partial charge >= 0.3 is 0 Å². The first-order valence-corrected chi connectivity index (χ1v) is 13.6. The molecule has 0 saturated heterocycles. The summed E-state index contributed by atoms with van der Waals surface area (Å²) < 4.78 is 1.10. The average molecular weight is 486 g/mol. The maximum atomic E-state index is 4.69. The summed E-state index contributed by atoms with van der Waals surface area (Å²) in [7, 11) is 0. The molecule has 1 aromatic carbocycles. The average Bonchev–Trinajstić information content (AvgIpc) is 2.79. The van der Waals surface area contributed by atoms with Crippen molar-refractivity contribution in [3.8, 4) is 11.4 Å². The van der Waals surface area contributed by atoms with E-state index in [0.29, 0.717) is 0 Å². The lowest BCUT2D eigenvalue weighted by Crippen LogP contribution is -2.15. The minimum absolute atomic E-state index is 0.823. The molecule has 0 amide bonds. The molecule has 31 heavy (non-hydrogen) atoms. The van der Waals surface area contributed by atoms with Gasteiger partial charge in [0.2, 0.25) is 0 Å². The van der Waals surface area contributed by atoms with E-state index in [1.807, 2.05) is 12.4 Å². The zero-order chi connectivity index (χ0) is 21.9. The Bertz CT molecular complexity index is 763. The van der Waals surface area contributed by atoms with E-state index in [9.17, 15) is 0 Å². The Labute approximate surface area is 198 Å². The number of hydrogen-bond acceptors (Lipinski definition) is 2. The van der Waals surface area contributed by atoms with E-state index < -0.39 is 0 Å². The highest BCUT2D eigenvalue weighted by Crippen LogP contribution is 2.34. The van der Waals surface area contributed by atoms with Crippen molar-refractivity contribution in [1.29, 1.82) is 0 Å². The van der Waals surface area contributed by atoms with E-state index in [4.69, 9.17) is 9.97 Å². The molecule has 1 fully saturated rings. The first-order valence-electron chi connectivity index (χ1n) is 12.8. The predicted octanol–water partition coefficient (Wildman–Crippen LogP) is 8.96. The minimum atomic E-state index is 0.823. The van der Waals surface area contributed by atoms with Crippen LogP contribution >= 0.6 is 15.9 Å². The number of rotatable bonds is 12. The van der Waals surface area contributed by atoms with Crippen LogP contribution in [0.25, 0.3) is 11.4 Å². The second kappa shape index (κ2) is 13.4. The molecule has 1 saturated carbocycles. The van der Waals surface area contributed by atoms with Gasteiger partial charge in [0, 0.05) is 22.4 Å². The standard InChI is InChI=1S/C28H41BrN2/c1-3-5-7-9-22-11-13-23(14-12-22)15-16-25-20-30-28(31-21-25)26-18-17-24(19-27(26)29)10-8-6-4-2/h17-23H,3-16H2,1-2H3. The monoisotopic (exact) mass is 484 g/mol. The second-order valence-corrected chi connectivity index (χ2v) is 10.5. The van der Waals surface area contributed by atoms with Gasteiger partial charge in [0.25, 0.3) is 0 Å². The van der Waals surface area contributed by atoms with Gasteiger partial charge in [0.05, 0.1) is 0 Å². The normalized spacial score (nSPS) is 18.9. The molecule has 2 nitrogen and oxygen atoms in total. The first kappa shape index (κ1) is 24.4. The summed E-state index contributed by atoms with van der Waals surface area (Å²) in [4.78, 5) is 9.38. The van der Waals surface area contributed by atoms with Gasteiger partial charge in [0.15, 0.2) is 5.82 Å². The molecule has 0 aliphatic heterocycles. The van der Waals surface area contributed by atoms with Crippen molar-refractivity contribution in [3.63, 3.8) is 0 Å². The molecule has 0 spiro atoms. The molecule has 0 atom stereocenters. The molecule has 0 unspecified atom stereocenters. The van der Waals surface area contributed by atoms with E-state index >= 15 is 0 Å². The fourth-order valence-corrected chi connectivity index (χ4v) is 5.56. The van der Waals surface area contributed by atoms with Crippen molar-refractivity contribution in [3.05, 3.63) is 46.2 Å². The van der Waals surface area contributed by atoms with Gasteiger partial charge in [-0.2, -0.15) is 0 Å². The summed E-state index contributed by atoms with van der Waals surface area (Å²) in [6, 6.07) is 6.63. The summed E-state index contributed by atoms with van der Waals surface area (Å²) in [5.74, 6) is 2.72. The van der Waals surface area contributed by atoms with Crippen LogP contribution in [0.1, 0.15) is 102 Å². The lowest BCUT2D eigenvalue weighted by molar-refractivity contribution is 0.249. The highest BCUT2D eigenvalue weighted by molar-refractivity contribution is 9.10. The quantitative estimate of drug-likeness (QED) is 0.280. The van der Waals surface area contributed by atoms with Crippen molar-refractivity contribution in [2.45, 2.75) is 104 Å². The molecular weight excluding hydrogens is 444 g/mol. The molecule has 3 rings (SSSR count). The minimum Gasteiger partial charge on any atom is -0.236 e. The molecule has 2 aromatic rings. The van der Waals surface area contributed by atoms with E-state index in [1.165, 1.54) is 88.2 Å². The van der Waals surface area contributed by atoms with Gasteiger partial charge in [-0.05, 0) is 60.8 Å². The van der Waals surface area contributed by atoms with Crippen LogP contribution in [-0.2, 0) is 12.8 Å². The third-order valence-electron chi connectivity index (χ3n) is 7.07. The van der Waals surface area contributed by atoms with Crippen molar-refractivity contribution in [2.75, 3.05) is 0 Å². The van der Waals surface area contributed by atoms with E-state index in [0.717, 1.165) is 40.5 Å². The summed E-state index contributed by atoms with van der Waals surface area (Å²) in [5.41, 5.74) is 3.76. The number of aryl methyl sites for hydroxylation is 2. The highest BCUT2D eigenvalue weighted by atomic mass is 79.9. The van der Waals surface area contributed by atoms with E-state index in [1.54, 1.807) is 0 Å². The van der Waals surface area contributed by atoms with Gasteiger partial charge in [-0.3, -0.25) is 0 Å². The number of hydrogen-bond donors (Lipinski definition) is 0. The Morgan fingerprint density at radius 1 is 0.774 bits per heavy atom. The maximum Gasteiger partial charge on any atom is 0.160 e. The SMILES string of the molecule is CCCCCc1ccc(-c2ncc(CCC3CCC(CCCCC)CC3)cn2)c(Br)c1. The number of nitrogens with zero attached hydrogens (tertiary/aromatic N) is 2. The molecule has 3 heteroatoms. The Hall–Kier alpha value is -1.22. The van der Waals surface area contributed by atoms with Crippen molar-refractivity contribution >= 4 is 15.9 Å². The number of unbranched alkanes of at least 4 members (excludes halogenated alkanes) is 4. The molecule has 1 aliphatic carbocycles. The molecule has 170 valence electrons. The molecular formula is C28H41BrN2. The molecule has 0 radical (unpaired) electrons. The number of aromatic nitrogens is 2. The van der Waals surface area contributed by atoms with E-state index in [-0.39, 0.29) is 0 Å². The van der Waals surface area contributed by atoms with Gasteiger partial charge in [0.1, 0.15) is 0 Å². The van der Waals surface area contributed by atoms with Gasteiger partial charge in [-0.15, -0.1) is 0 Å². The number of benzene rings is 1. The van der Waals surface area contributed by atoms with Crippen LogP contribution in [0.2, 0.25) is 0 Å². The number of halogens is 1. The lowest BCUT2D eigenvalue weighted by atomic mass is 9.78. The Kier molecular flexibility index (Phi) is 10.5.